The van der Waals surface area contributed by atoms with E-state index in [1.807, 2.05) is 23.0 Å². The minimum Gasteiger partial charge on any atom is -0.271 e. The van der Waals surface area contributed by atoms with Crippen LogP contribution in [0.5, 0.6) is 0 Å². The summed E-state index contributed by atoms with van der Waals surface area (Å²) in [5.41, 5.74) is 5.12. The van der Waals surface area contributed by atoms with Gasteiger partial charge in [0.05, 0.1) is 22.4 Å². The Morgan fingerprint density at radius 3 is 2.63 bits per heavy atom. The SMILES string of the molecule is CC(C)n1ncc(Br)c1C(Cc1ccncc1)NN. The van der Waals surface area contributed by atoms with Crippen LogP contribution in [0.25, 0.3) is 0 Å². The number of pyridine rings is 1. The lowest BCUT2D eigenvalue weighted by Gasteiger charge is -2.20. The molecule has 0 spiro atoms. The standard InChI is InChI=1S/C13H18BrN5/c1-9(2)19-13(11(14)8-17-19)12(18-15)7-10-3-5-16-6-4-10/h3-6,8-9,12,18H,7,15H2,1-2H3. The number of nitrogens with one attached hydrogen (secondary N) is 1. The molecule has 1 atom stereocenters. The topological polar surface area (TPSA) is 68.8 Å². The van der Waals surface area contributed by atoms with Crippen LogP contribution in [-0.2, 0) is 6.42 Å². The van der Waals surface area contributed by atoms with E-state index in [-0.39, 0.29) is 12.1 Å². The first kappa shape index (κ1) is 14.2. The molecule has 0 radical (unpaired) electrons. The summed E-state index contributed by atoms with van der Waals surface area (Å²) in [6, 6.07) is 4.28. The third-order valence-corrected chi connectivity index (χ3v) is 3.61. The van der Waals surface area contributed by atoms with Crippen LogP contribution in [0.4, 0.5) is 0 Å². The Labute approximate surface area is 121 Å². The number of nitrogens with zero attached hydrogens (tertiary/aromatic N) is 3. The van der Waals surface area contributed by atoms with Crippen LogP contribution in [0.1, 0.15) is 37.2 Å². The number of halogens is 1. The number of hydrazine groups is 1. The fraction of sp³-hybridized carbons (Fsp3) is 0.385. The van der Waals surface area contributed by atoms with Crippen LogP contribution in [0.2, 0.25) is 0 Å². The van der Waals surface area contributed by atoms with Crippen LogP contribution < -0.4 is 11.3 Å². The quantitative estimate of drug-likeness (QED) is 0.654. The smallest absolute Gasteiger partial charge is 0.0715 e. The van der Waals surface area contributed by atoms with Crippen molar-refractivity contribution >= 4 is 15.9 Å². The van der Waals surface area contributed by atoms with Crippen molar-refractivity contribution in [3.05, 3.63) is 46.5 Å². The number of aromatic nitrogens is 3. The summed E-state index contributed by atoms with van der Waals surface area (Å²) in [5.74, 6) is 5.72. The highest BCUT2D eigenvalue weighted by molar-refractivity contribution is 9.10. The highest BCUT2D eigenvalue weighted by atomic mass is 79.9. The predicted molar refractivity (Wildman–Crippen MR) is 78.3 cm³/mol. The van der Waals surface area contributed by atoms with E-state index in [1.165, 1.54) is 5.56 Å². The Hall–Kier alpha value is -1.24. The van der Waals surface area contributed by atoms with Crippen molar-refractivity contribution in [1.82, 2.24) is 20.2 Å². The van der Waals surface area contributed by atoms with Gasteiger partial charge in [-0.15, -0.1) is 0 Å². The maximum atomic E-state index is 5.72. The molecule has 102 valence electrons. The molecule has 0 bridgehead atoms. The molecule has 0 saturated heterocycles. The van der Waals surface area contributed by atoms with Crippen molar-refractivity contribution in [3.63, 3.8) is 0 Å². The second kappa shape index (κ2) is 6.27. The second-order valence-electron chi connectivity index (χ2n) is 4.69. The molecule has 0 aromatic carbocycles. The molecule has 2 aromatic rings. The zero-order valence-corrected chi connectivity index (χ0v) is 12.6. The Kier molecular flexibility index (Phi) is 4.68. The van der Waals surface area contributed by atoms with Crippen LogP contribution in [0.15, 0.2) is 35.2 Å². The largest absolute Gasteiger partial charge is 0.271 e. The van der Waals surface area contributed by atoms with Crippen molar-refractivity contribution in [2.45, 2.75) is 32.4 Å². The van der Waals surface area contributed by atoms with E-state index >= 15 is 0 Å². The Balaban J connectivity index is 2.29. The Morgan fingerprint density at radius 2 is 2.05 bits per heavy atom. The first-order valence-electron chi connectivity index (χ1n) is 6.21. The third-order valence-electron chi connectivity index (χ3n) is 3.00. The Bertz CT molecular complexity index is 523. The van der Waals surface area contributed by atoms with Gasteiger partial charge in [-0.05, 0) is 53.9 Å². The third kappa shape index (κ3) is 3.20. The van der Waals surface area contributed by atoms with Gasteiger partial charge in [0, 0.05) is 18.4 Å². The van der Waals surface area contributed by atoms with E-state index in [0.29, 0.717) is 0 Å². The molecule has 6 heteroatoms. The fourth-order valence-corrected chi connectivity index (χ4v) is 2.63. The molecule has 0 aliphatic heterocycles. The molecule has 1 unspecified atom stereocenters. The van der Waals surface area contributed by atoms with Gasteiger partial charge in [-0.3, -0.25) is 20.9 Å². The normalized spacial score (nSPS) is 12.9. The van der Waals surface area contributed by atoms with Gasteiger partial charge < -0.3 is 0 Å². The van der Waals surface area contributed by atoms with E-state index in [1.54, 1.807) is 12.4 Å². The molecule has 3 N–H and O–H groups in total. The number of hydrogen-bond donors (Lipinski definition) is 2. The van der Waals surface area contributed by atoms with Gasteiger partial charge in [0.25, 0.3) is 0 Å². The van der Waals surface area contributed by atoms with Crippen molar-refractivity contribution in [1.29, 1.82) is 0 Å². The van der Waals surface area contributed by atoms with E-state index < -0.39 is 0 Å². The van der Waals surface area contributed by atoms with Crippen molar-refractivity contribution < 1.29 is 0 Å². The first-order valence-corrected chi connectivity index (χ1v) is 7.00. The van der Waals surface area contributed by atoms with Gasteiger partial charge in [0.15, 0.2) is 0 Å². The molecule has 2 aromatic heterocycles. The summed E-state index contributed by atoms with van der Waals surface area (Å²) in [6.07, 6.45) is 6.18. The molecule has 2 rings (SSSR count). The highest BCUT2D eigenvalue weighted by Gasteiger charge is 2.20. The van der Waals surface area contributed by atoms with Crippen molar-refractivity contribution in [3.8, 4) is 0 Å². The lowest BCUT2D eigenvalue weighted by molar-refractivity contribution is 0.446. The first-order chi connectivity index (χ1) is 9.13. The monoisotopic (exact) mass is 323 g/mol. The highest BCUT2D eigenvalue weighted by Crippen LogP contribution is 2.27. The average Bonchev–Trinajstić information content (AvgIpc) is 2.79. The van der Waals surface area contributed by atoms with E-state index in [0.717, 1.165) is 16.6 Å². The second-order valence-corrected chi connectivity index (χ2v) is 5.55. The summed E-state index contributed by atoms with van der Waals surface area (Å²) in [6.45, 7) is 4.20. The summed E-state index contributed by atoms with van der Waals surface area (Å²) in [7, 11) is 0. The van der Waals surface area contributed by atoms with Crippen LogP contribution in [-0.4, -0.2) is 14.8 Å². The molecule has 0 aliphatic carbocycles. The van der Waals surface area contributed by atoms with Crippen LogP contribution in [0, 0.1) is 0 Å². The fourth-order valence-electron chi connectivity index (χ4n) is 2.08. The lowest BCUT2D eigenvalue weighted by atomic mass is 10.0. The Morgan fingerprint density at radius 1 is 1.37 bits per heavy atom. The van der Waals surface area contributed by atoms with E-state index in [4.69, 9.17) is 5.84 Å². The number of hydrogen-bond acceptors (Lipinski definition) is 4. The van der Waals surface area contributed by atoms with Crippen LogP contribution >= 0.6 is 15.9 Å². The maximum absolute atomic E-state index is 5.72. The molecule has 0 amide bonds. The molecule has 2 heterocycles. The summed E-state index contributed by atoms with van der Waals surface area (Å²) >= 11 is 3.55. The zero-order valence-electron chi connectivity index (χ0n) is 11.0. The molecule has 0 saturated carbocycles. The van der Waals surface area contributed by atoms with Crippen molar-refractivity contribution in [2.24, 2.45) is 5.84 Å². The minimum atomic E-state index is 0.00155. The summed E-state index contributed by atoms with van der Waals surface area (Å²) < 4.78 is 2.95. The molecular formula is C13H18BrN5. The molecule has 0 aliphatic rings. The zero-order chi connectivity index (χ0) is 13.8. The van der Waals surface area contributed by atoms with Gasteiger partial charge >= 0.3 is 0 Å². The minimum absolute atomic E-state index is 0.00155. The summed E-state index contributed by atoms with van der Waals surface area (Å²) in [5, 5.41) is 4.39. The van der Waals surface area contributed by atoms with E-state index in [9.17, 15) is 0 Å². The predicted octanol–water partition coefficient (Wildman–Crippen LogP) is 2.37. The number of nitrogens with two attached hydrogens (primary N) is 1. The van der Waals surface area contributed by atoms with Crippen LogP contribution in [0.3, 0.4) is 0 Å². The summed E-state index contributed by atoms with van der Waals surface area (Å²) in [4.78, 5) is 4.03. The van der Waals surface area contributed by atoms with Gasteiger partial charge in [0.1, 0.15) is 0 Å². The molecule has 19 heavy (non-hydrogen) atoms. The number of rotatable bonds is 5. The molecule has 0 fully saturated rings. The molecule has 5 nitrogen and oxygen atoms in total. The van der Waals surface area contributed by atoms with Crippen molar-refractivity contribution in [2.75, 3.05) is 0 Å². The van der Waals surface area contributed by atoms with E-state index in [2.05, 4.69) is 45.3 Å². The van der Waals surface area contributed by atoms with Gasteiger partial charge in [-0.25, -0.2) is 0 Å². The maximum Gasteiger partial charge on any atom is 0.0715 e. The van der Waals surface area contributed by atoms with Gasteiger partial charge in [-0.2, -0.15) is 5.10 Å². The molecular weight excluding hydrogens is 306 g/mol. The van der Waals surface area contributed by atoms with Gasteiger partial charge in [0.2, 0.25) is 0 Å². The lowest BCUT2D eigenvalue weighted by Crippen LogP contribution is -2.32. The average molecular weight is 324 g/mol. The van der Waals surface area contributed by atoms with Gasteiger partial charge in [-0.1, -0.05) is 0 Å².